The maximum Gasteiger partial charge on any atom is 0.493 e. The summed E-state index contributed by atoms with van der Waals surface area (Å²) in [5.41, 5.74) is 4.71. The van der Waals surface area contributed by atoms with Gasteiger partial charge in [-0.2, -0.15) is 18.3 Å². The first-order chi connectivity index (χ1) is 16.4. The van der Waals surface area contributed by atoms with E-state index in [1.165, 1.54) is 24.0 Å². The maximum absolute atomic E-state index is 13.7. The Morgan fingerprint density at radius 3 is 2.34 bits per heavy atom. The Labute approximate surface area is 199 Å². The van der Waals surface area contributed by atoms with Crippen LogP contribution in [0.1, 0.15) is 10.4 Å². The third-order valence-corrected chi connectivity index (χ3v) is 4.70. The summed E-state index contributed by atoms with van der Waals surface area (Å²) in [6.07, 6.45) is -4.19. The molecule has 2 aromatic carbocycles. The largest absolute Gasteiger partial charge is 0.493 e. The lowest BCUT2D eigenvalue weighted by molar-refractivity contribution is -0.199. The molecule has 0 radical (unpaired) electrons. The van der Waals surface area contributed by atoms with Crippen molar-refractivity contribution in [2.45, 2.75) is 6.18 Å². The molecule has 8 nitrogen and oxygen atoms in total. The number of nitrogens with two attached hydrogens (primary N) is 1. The van der Waals surface area contributed by atoms with E-state index in [9.17, 15) is 31.5 Å². The van der Waals surface area contributed by atoms with E-state index in [1.54, 1.807) is 0 Å². The minimum atomic E-state index is -5.48. The molecule has 186 valence electrons. The number of carbonyl (C=O) groups is 2. The number of rotatable bonds is 6. The molecule has 1 aromatic heterocycles. The number of halogens is 6. The van der Waals surface area contributed by atoms with Crippen LogP contribution in [0.15, 0.2) is 42.6 Å². The molecule has 3 aromatic rings. The number of benzene rings is 2. The van der Waals surface area contributed by atoms with Gasteiger partial charge in [0, 0.05) is 30.8 Å². The van der Waals surface area contributed by atoms with Gasteiger partial charge in [-0.05, 0) is 30.3 Å². The molecule has 0 spiro atoms. The van der Waals surface area contributed by atoms with Gasteiger partial charge in [0.2, 0.25) is 0 Å². The van der Waals surface area contributed by atoms with Gasteiger partial charge in [0.1, 0.15) is 24.0 Å². The van der Waals surface area contributed by atoms with Crippen LogP contribution in [0.4, 0.5) is 27.6 Å². The number of hydrogen-bond acceptors (Lipinski definition) is 6. The summed E-state index contributed by atoms with van der Waals surface area (Å²) in [5.74, 6) is -6.40. The van der Waals surface area contributed by atoms with Crippen LogP contribution in [0.2, 0.25) is 5.02 Å². The third-order valence-electron chi connectivity index (χ3n) is 4.42. The fourth-order valence-electron chi connectivity index (χ4n) is 2.98. The van der Waals surface area contributed by atoms with Gasteiger partial charge < -0.3 is 15.3 Å². The molecule has 0 fully saturated rings. The zero-order chi connectivity index (χ0) is 25.9. The highest BCUT2D eigenvalue weighted by molar-refractivity contribution is 6.33. The van der Waals surface area contributed by atoms with Gasteiger partial charge in [-0.25, -0.2) is 13.6 Å². The average molecular weight is 519 g/mol. The number of aromatic nitrogens is 2. The second kappa shape index (κ2) is 10.3. The number of carbonyl (C=O) groups excluding carboxylic acids is 2. The fourth-order valence-corrected chi connectivity index (χ4v) is 3.25. The molecule has 0 bridgehead atoms. The van der Waals surface area contributed by atoms with Crippen LogP contribution >= 0.6 is 11.6 Å². The van der Waals surface area contributed by atoms with Crippen molar-refractivity contribution in [3.8, 4) is 17.0 Å². The summed E-state index contributed by atoms with van der Waals surface area (Å²) in [7, 11) is 1.52. The Balaban J connectivity index is 2.17. The lowest BCUT2D eigenvalue weighted by atomic mass is 10.1. The van der Waals surface area contributed by atoms with Gasteiger partial charge in [-0.1, -0.05) is 11.6 Å². The average Bonchev–Trinajstić information content (AvgIpc) is 3.11. The van der Waals surface area contributed by atoms with Crippen molar-refractivity contribution in [1.82, 2.24) is 9.78 Å². The molecule has 0 saturated heterocycles. The molecular weight excluding hydrogens is 503 g/mol. The highest BCUT2D eigenvalue weighted by Gasteiger charge is 2.44. The van der Waals surface area contributed by atoms with E-state index < -0.39 is 40.9 Å². The van der Waals surface area contributed by atoms with Gasteiger partial charge in [0.05, 0.1) is 22.6 Å². The highest BCUT2D eigenvalue weighted by Crippen LogP contribution is 2.38. The second-order valence-electron chi connectivity index (χ2n) is 6.92. The van der Waals surface area contributed by atoms with Gasteiger partial charge in [0.15, 0.2) is 0 Å². The van der Waals surface area contributed by atoms with Crippen LogP contribution in [-0.2, 0) is 16.7 Å². The van der Waals surface area contributed by atoms with Crippen molar-refractivity contribution < 1.29 is 41.1 Å². The van der Waals surface area contributed by atoms with Crippen LogP contribution in [0.5, 0.6) is 5.75 Å². The molecule has 0 atom stereocenters. The molecule has 0 aliphatic rings. The number of hydrogen-bond donors (Lipinski definition) is 1. The van der Waals surface area contributed by atoms with Crippen molar-refractivity contribution in [3.05, 3.63) is 64.8 Å². The van der Waals surface area contributed by atoms with Crippen LogP contribution in [0, 0.1) is 11.6 Å². The van der Waals surface area contributed by atoms with E-state index in [2.05, 4.69) is 9.94 Å². The Hall–Kier alpha value is -3.71. The minimum absolute atomic E-state index is 0.0372. The summed E-state index contributed by atoms with van der Waals surface area (Å²) in [4.78, 5) is 28.9. The van der Waals surface area contributed by atoms with Crippen LogP contribution in [0.25, 0.3) is 11.3 Å². The van der Waals surface area contributed by atoms with Crippen molar-refractivity contribution in [2.75, 3.05) is 18.2 Å². The Morgan fingerprint density at radius 1 is 1.14 bits per heavy atom. The molecule has 1 heterocycles. The highest BCUT2D eigenvalue weighted by atomic mass is 35.5. The molecule has 0 saturated carbocycles. The summed E-state index contributed by atoms with van der Waals surface area (Å²) in [6.45, 7) is 0.176. The SMILES string of the molecule is Cn1ncc(Cl)c1-c1cc(N(OC(=O)C(F)(F)F)C(=O)c2cc(F)cc(F)c2)ccc1OCCN. The van der Waals surface area contributed by atoms with Crippen LogP contribution in [0.3, 0.4) is 0 Å². The minimum Gasteiger partial charge on any atom is -0.492 e. The summed E-state index contributed by atoms with van der Waals surface area (Å²) < 4.78 is 73.0. The lowest BCUT2D eigenvalue weighted by Gasteiger charge is -2.23. The molecule has 0 aliphatic heterocycles. The number of ether oxygens (including phenoxy) is 1. The number of nitrogens with zero attached hydrogens (tertiary/aromatic N) is 3. The quantitative estimate of drug-likeness (QED) is 0.391. The predicted molar refractivity (Wildman–Crippen MR) is 114 cm³/mol. The second-order valence-corrected chi connectivity index (χ2v) is 7.32. The zero-order valence-corrected chi connectivity index (χ0v) is 18.5. The normalized spacial score (nSPS) is 11.3. The van der Waals surface area contributed by atoms with Gasteiger partial charge in [-0.3, -0.25) is 9.48 Å². The summed E-state index contributed by atoms with van der Waals surface area (Å²) >= 11 is 6.19. The van der Waals surface area contributed by atoms with Gasteiger partial charge in [0.25, 0.3) is 5.91 Å². The zero-order valence-electron chi connectivity index (χ0n) is 17.8. The molecule has 0 aliphatic carbocycles. The van der Waals surface area contributed by atoms with Crippen LogP contribution < -0.4 is 15.5 Å². The topological polar surface area (TPSA) is 99.7 Å². The van der Waals surface area contributed by atoms with Crippen molar-refractivity contribution in [3.63, 3.8) is 0 Å². The molecule has 14 heteroatoms. The predicted octanol–water partition coefficient (Wildman–Crippen LogP) is 4.02. The number of amides is 1. The van der Waals surface area contributed by atoms with E-state index >= 15 is 0 Å². The van der Waals surface area contributed by atoms with E-state index in [-0.39, 0.29) is 40.2 Å². The molecule has 35 heavy (non-hydrogen) atoms. The molecule has 1 amide bonds. The fraction of sp³-hybridized carbons (Fsp3) is 0.190. The smallest absolute Gasteiger partial charge is 0.492 e. The monoisotopic (exact) mass is 518 g/mol. The maximum atomic E-state index is 13.7. The Bertz CT molecular complexity index is 1230. The van der Waals surface area contributed by atoms with E-state index in [0.717, 1.165) is 12.1 Å². The summed E-state index contributed by atoms with van der Waals surface area (Å²) in [6, 6.07) is 5.07. The van der Waals surface area contributed by atoms with E-state index in [4.69, 9.17) is 22.1 Å². The van der Waals surface area contributed by atoms with Crippen molar-refractivity contribution in [1.29, 1.82) is 0 Å². The van der Waals surface area contributed by atoms with Gasteiger partial charge >= 0.3 is 12.1 Å². The summed E-state index contributed by atoms with van der Waals surface area (Å²) in [5, 5.41) is 4.07. The first kappa shape index (κ1) is 25.9. The number of alkyl halides is 3. The Morgan fingerprint density at radius 2 is 1.80 bits per heavy atom. The first-order valence-corrected chi connectivity index (χ1v) is 10.0. The molecule has 3 rings (SSSR count). The van der Waals surface area contributed by atoms with Crippen LogP contribution in [-0.4, -0.2) is 41.0 Å². The molecule has 0 unspecified atom stereocenters. The standard InChI is InChI=1S/C21H16ClF5N4O4/c1-30-18(16(22)10-29-30)15-9-14(2-3-17(15)34-5-4-28)31(35-20(33)21(25,26)27)19(32)11-6-12(23)8-13(24)7-11/h2-3,6-10H,4-5,28H2,1H3. The number of hydroxylamine groups is 1. The van der Waals surface area contributed by atoms with E-state index in [1.807, 2.05) is 0 Å². The molecular formula is C21H16ClF5N4O4. The third kappa shape index (κ3) is 5.87. The lowest BCUT2D eigenvalue weighted by Crippen LogP contribution is -2.39. The Kier molecular flexibility index (Phi) is 7.60. The number of aryl methyl sites for hydroxylation is 1. The van der Waals surface area contributed by atoms with E-state index in [0.29, 0.717) is 18.2 Å². The van der Waals surface area contributed by atoms with Crippen molar-refractivity contribution in [2.24, 2.45) is 12.8 Å². The first-order valence-electron chi connectivity index (χ1n) is 9.66. The number of anilines is 1. The molecule has 2 N–H and O–H groups in total. The van der Waals surface area contributed by atoms with Gasteiger partial charge in [-0.15, -0.1) is 5.06 Å². The van der Waals surface area contributed by atoms with Crippen molar-refractivity contribution >= 4 is 29.2 Å².